The third kappa shape index (κ3) is 6.27. The van der Waals surface area contributed by atoms with Gasteiger partial charge in [0.2, 0.25) is 0 Å². The molecule has 1 rings (SSSR count). The van der Waals surface area contributed by atoms with Crippen molar-refractivity contribution in [1.82, 2.24) is 4.90 Å². The van der Waals surface area contributed by atoms with Crippen molar-refractivity contribution in [2.45, 2.75) is 39.3 Å². The van der Waals surface area contributed by atoms with E-state index in [0.717, 1.165) is 25.1 Å². The Balaban J connectivity index is 2.59. The lowest BCUT2D eigenvalue weighted by Crippen LogP contribution is -2.31. The first-order valence-electron chi connectivity index (χ1n) is 7.51. The van der Waals surface area contributed by atoms with Gasteiger partial charge in [0, 0.05) is 12.6 Å². The molecule has 0 amide bonds. The second-order valence-corrected chi connectivity index (χ2v) is 5.96. The van der Waals surface area contributed by atoms with Crippen LogP contribution in [0.5, 0.6) is 0 Å². The van der Waals surface area contributed by atoms with Crippen LogP contribution in [0.1, 0.15) is 31.4 Å². The first kappa shape index (κ1) is 17.7. The Morgan fingerprint density at radius 2 is 1.90 bits per heavy atom. The first-order valence-corrected chi connectivity index (χ1v) is 7.51. The van der Waals surface area contributed by atoms with Crippen molar-refractivity contribution in [3.05, 3.63) is 35.4 Å². The van der Waals surface area contributed by atoms with Crippen molar-refractivity contribution in [2.75, 3.05) is 20.7 Å². The van der Waals surface area contributed by atoms with Crippen molar-refractivity contribution < 1.29 is 9.53 Å². The highest BCUT2D eigenvalue weighted by molar-refractivity contribution is 5.72. The topological polar surface area (TPSA) is 55.6 Å². The zero-order valence-electron chi connectivity index (χ0n) is 13.6. The Morgan fingerprint density at radius 1 is 1.29 bits per heavy atom. The molecule has 2 N–H and O–H groups in total. The number of hydrogen-bond acceptors (Lipinski definition) is 4. The molecule has 0 saturated carbocycles. The number of methoxy groups -OCH3 is 1. The normalized spacial score (nSPS) is 12.7. The minimum atomic E-state index is -0.202. The van der Waals surface area contributed by atoms with Crippen LogP contribution in [0.2, 0.25) is 0 Å². The Hall–Kier alpha value is -1.39. The van der Waals surface area contributed by atoms with Crippen LogP contribution in [0.15, 0.2) is 24.3 Å². The van der Waals surface area contributed by atoms with E-state index in [2.05, 4.69) is 31.9 Å². The van der Waals surface area contributed by atoms with Crippen molar-refractivity contribution in [3.8, 4) is 0 Å². The summed E-state index contributed by atoms with van der Waals surface area (Å²) in [5.74, 6) is 0.303. The van der Waals surface area contributed by atoms with Crippen molar-refractivity contribution in [1.29, 1.82) is 0 Å². The summed E-state index contributed by atoms with van der Waals surface area (Å²) in [5, 5.41) is 0. The minimum absolute atomic E-state index is 0.202. The van der Waals surface area contributed by atoms with Crippen LogP contribution in [-0.2, 0) is 22.5 Å². The molecule has 4 heteroatoms. The quantitative estimate of drug-likeness (QED) is 0.746. The Morgan fingerprint density at radius 3 is 2.48 bits per heavy atom. The molecule has 21 heavy (non-hydrogen) atoms. The van der Waals surface area contributed by atoms with E-state index in [-0.39, 0.29) is 12.0 Å². The van der Waals surface area contributed by atoms with Crippen LogP contribution in [-0.4, -0.2) is 37.6 Å². The van der Waals surface area contributed by atoms with Crippen LogP contribution in [0.25, 0.3) is 0 Å². The van der Waals surface area contributed by atoms with E-state index >= 15 is 0 Å². The van der Waals surface area contributed by atoms with Crippen LogP contribution in [0.4, 0.5) is 0 Å². The van der Waals surface area contributed by atoms with Gasteiger partial charge in [-0.25, -0.2) is 0 Å². The van der Waals surface area contributed by atoms with Crippen molar-refractivity contribution in [2.24, 2.45) is 11.7 Å². The third-order valence-electron chi connectivity index (χ3n) is 3.82. The molecule has 0 heterocycles. The zero-order valence-corrected chi connectivity index (χ0v) is 13.6. The standard InChI is InChI=1S/C17H28N2O2/c1-13(2)16(18)9-10-19(3)12-15-8-6-5-7-14(15)11-17(20)21-4/h5-8,13,16H,9-12,18H2,1-4H3. The summed E-state index contributed by atoms with van der Waals surface area (Å²) in [6, 6.07) is 8.25. The number of rotatable bonds is 8. The third-order valence-corrected chi connectivity index (χ3v) is 3.82. The lowest BCUT2D eigenvalue weighted by Gasteiger charge is -2.22. The van der Waals surface area contributed by atoms with E-state index in [1.807, 2.05) is 18.2 Å². The van der Waals surface area contributed by atoms with E-state index in [0.29, 0.717) is 12.3 Å². The van der Waals surface area contributed by atoms with Gasteiger partial charge in [-0.3, -0.25) is 4.79 Å². The molecule has 0 saturated heterocycles. The van der Waals surface area contributed by atoms with Crippen molar-refractivity contribution in [3.63, 3.8) is 0 Å². The maximum absolute atomic E-state index is 11.5. The van der Waals surface area contributed by atoms with Gasteiger partial charge in [-0.05, 0) is 37.1 Å². The molecule has 0 aliphatic carbocycles. The van der Waals surface area contributed by atoms with Gasteiger partial charge in [0.25, 0.3) is 0 Å². The van der Waals surface area contributed by atoms with E-state index in [1.165, 1.54) is 12.7 Å². The maximum atomic E-state index is 11.5. The number of nitrogens with two attached hydrogens (primary N) is 1. The monoisotopic (exact) mass is 292 g/mol. The number of esters is 1. The molecule has 0 bridgehead atoms. The Kier molecular flexibility index (Phi) is 7.40. The second kappa shape index (κ2) is 8.80. The van der Waals surface area contributed by atoms with Crippen LogP contribution in [0.3, 0.4) is 0 Å². The molecule has 0 aromatic heterocycles. The van der Waals surface area contributed by atoms with Crippen LogP contribution >= 0.6 is 0 Å². The van der Waals surface area contributed by atoms with Gasteiger partial charge in [0.1, 0.15) is 0 Å². The minimum Gasteiger partial charge on any atom is -0.469 e. The molecule has 0 radical (unpaired) electrons. The van der Waals surface area contributed by atoms with Gasteiger partial charge in [0.05, 0.1) is 13.5 Å². The van der Waals surface area contributed by atoms with Gasteiger partial charge in [-0.15, -0.1) is 0 Å². The molecule has 0 spiro atoms. The summed E-state index contributed by atoms with van der Waals surface area (Å²) in [6.45, 7) is 6.07. The predicted octanol–water partition coefficient (Wildman–Crippen LogP) is 2.21. The Labute approximate surface area is 128 Å². The number of ether oxygens (including phenoxy) is 1. The molecule has 1 aromatic carbocycles. The number of carbonyl (C=O) groups excluding carboxylic acids is 1. The van der Waals surface area contributed by atoms with E-state index in [4.69, 9.17) is 10.5 Å². The average Bonchev–Trinajstić information content (AvgIpc) is 2.46. The zero-order chi connectivity index (χ0) is 15.8. The van der Waals surface area contributed by atoms with E-state index in [1.54, 1.807) is 0 Å². The van der Waals surface area contributed by atoms with Gasteiger partial charge in [-0.2, -0.15) is 0 Å². The molecule has 1 unspecified atom stereocenters. The smallest absolute Gasteiger partial charge is 0.309 e. The molecule has 0 aliphatic heterocycles. The second-order valence-electron chi connectivity index (χ2n) is 5.96. The molecule has 4 nitrogen and oxygen atoms in total. The maximum Gasteiger partial charge on any atom is 0.309 e. The SMILES string of the molecule is COC(=O)Cc1ccccc1CN(C)CCC(N)C(C)C. The fourth-order valence-electron chi connectivity index (χ4n) is 2.18. The molecule has 1 atom stereocenters. The van der Waals surface area contributed by atoms with Gasteiger partial charge >= 0.3 is 5.97 Å². The Bertz CT molecular complexity index is 446. The summed E-state index contributed by atoms with van der Waals surface area (Å²) in [7, 11) is 3.51. The largest absolute Gasteiger partial charge is 0.469 e. The van der Waals surface area contributed by atoms with Crippen molar-refractivity contribution >= 4 is 5.97 Å². The molecule has 0 aliphatic rings. The van der Waals surface area contributed by atoms with Crippen LogP contribution < -0.4 is 5.73 Å². The van der Waals surface area contributed by atoms with Gasteiger partial charge < -0.3 is 15.4 Å². The van der Waals surface area contributed by atoms with Gasteiger partial charge in [0.15, 0.2) is 0 Å². The summed E-state index contributed by atoms with van der Waals surface area (Å²) in [6.07, 6.45) is 1.30. The van der Waals surface area contributed by atoms with Crippen LogP contribution in [0, 0.1) is 5.92 Å². The first-order chi connectivity index (χ1) is 9.93. The number of hydrogen-bond donors (Lipinski definition) is 1. The summed E-state index contributed by atoms with van der Waals surface area (Å²) in [5.41, 5.74) is 8.29. The highest BCUT2D eigenvalue weighted by Gasteiger charge is 2.12. The highest BCUT2D eigenvalue weighted by atomic mass is 16.5. The number of carbonyl (C=O) groups is 1. The molecular formula is C17H28N2O2. The fourth-order valence-corrected chi connectivity index (χ4v) is 2.18. The predicted molar refractivity (Wildman–Crippen MR) is 85.9 cm³/mol. The summed E-state index contributed by atoms with van der Waals surface area (Å²) < 4.78 is 4.75. The lowest BCUT2D eigenvalue weighted by molar-refractivity contribution is -0.139. The average molecular weight is 292 g/mol. The molecule has 0 fully saturated rings. The molecule has 1 aromatic rings. The lowest BCUT2D eigenvalue weighted by atomic mass is 10.0. The summed E-state index contributed by atoms with van der Waals surface area (Å²) in [4.78, 5) is 13.7. The van der Waals surface area contributed by atoms with E-state index < -0.39 is 0 Å². The fraction of sp³-hybridized carbons (Fsp3) is 0.588. The molecular weight excluding hydrogens is 264 g/mol. The van der Waals surface area contributed by atoms with Gasteiger partial charge in [-0.1, -0.05) is 38.1 Å². The van der Waals surface area contributed by atoms with E-state index in [9.17, 15) is 4.79 Å². The summed E-state index contributed by atoms with van der Waals surface area (Å²) >= 11 is 0. The number of nitrogens with zero attached hydrogens (tertiary/aromatic N) is 1. The highest BCUT2D eigenvalue weighted by Crippen LogP contribution is 2.13. The molecule has 118 valence electrons. The number of benzene rings is 1.